The van der Waals surface area contributed by atoms with Gasteiger partial charge in [-0.25, -0.2) is 18.0 Å². The number of aliphatic hydroxyl groups excluding tert-OH is 2. The molecule has 1 aliphatic carbocycles. The number of aromatic nitrogens is 1. The van der Waals surface area contributed by atoms with Gasteiger partial charge in [-0.15, -0.1) is 0 Å². The Labute approximate surface area is 188 Å². The van der Waals surface area contributed by atoms with Gasteiger partial charge in [-0.05, 0) is 73.1 Å². The van der Waals surface area contributed by atoms with Crippen LogP contribution >= 0.6 is 0 Å². The number of rotatable bonds is 7. The summed E-state index contributed by atoms with van der Waals surface area (Å²) in [5.41, 5.74) is 1.18. The lowest BCUT2D eigenvalue weighted by molar-refractivity contribution is 0.108. The smallest absolute Gasteiger partial charge is 0.315 e. The Bertz CT molecular complexity index is 1150. The molecular weight excluding hydrogens is 435 g/mol. The van der Waals surface area contributed by atoms with Gasteiger partial charge in [0.2, 0.25) is 0 Å². The van der Waals surface area contributed by atoms with Crippen LogP contribution in [0, 0.1) is 23.4 Å². The van der Waals surface area contributed by atoms with Crippen molar-refractivity contribution >= 4 is 16.9 Å². The monoisotopic (exact) mass is 461 g/mol. The molecule has 0 bridgehead atoms. The Hall–Kier alpha value is -3.04. The maximum Gasteiger partial charge on any atom is 0.315 e. The second-order valence-electron chi connectivity index (χ2n) is 8.98. The number of halogens is 3. The van der Waals surface area contributed by atoms with E-state index in [1.807, 2.05) is 0 Å². The number of amides is 2. The Morgan fingerprint density at radius 2 is 1.76 bits per heavy atom. The van der Waals surface area contributed by atoms with Crippen LogP contribution in [-0.2, 0) is 0 Å². The lowest BCUT2D eigenvalue weighted by Gasteiger charge is -2.36. The van der Waals surface area contributed by atoms with Gasteiger partial charge < -0.3 is 25.8 Å². The summed E-state index contributed by atoms with van der Waals surface area (Å²) in [6.45, 7) is 1.11. The summed E-state index contributed by atoms with van der Waals surface area (Å²) in [5, 5.41) is 24.3. The van der Waals surface area contributed by atoms with Crippen molar-refractivity contribution in [3.8, 4) is 11.3 Å². The summed E-state index contributed by atoms with van der Waals surface area (Å²) in [4.78, 5) is 15.1. The molecule has 9 heteroatoms. The van der Waals surface area contributed by atoms with E-state index in [2.05, 4.69) is 15.6 Å². The van der Waals surface area contributed by atoms with Gasteiger partial charge in [-0.2, -0.15) is 0 Å². The molecule has 0 saturated heterocycles. The molecule has 0 spiro atoms. The zero-order chi connectivity index (χ0) is 23.8. The first kappa shape index (κ1) is 23.1. The van der Waals surface area contributed by atoms with E-state index >= 15 is 0 Å². The number of hydrogen-bond donors (Lipinski definition) is 5. The number of hydrogen-bond acceptors (Lipinski definition) is 3. The molecule has 1 aromatic heterocycles. The van der Waals surface area contributed by atoms with Gasteiger partial charge >= 0.3 is 6.03 Å². The van der Waals surface area contributed by atoms with Crippen LogP contribution in [0.1, 0.15) is 31.2 Å². The fraction of sp³-hybridized carbons (Fsp3) is 0.375. The normalized spacial score (nSPS) is 18.2. The highest BCUT2D eigenvalue weighted by molar-refractivity contribution is 5.92. The molecule has 2 amide bonds. The highest BCUT2D eigenvalue weighted by Crippen LogP contribution is 2.48. The summed E-state index contributed by atoms with van der Waals surface area (Å²) >= 11 is 0. The molecule has 1 heterocycles. The third-order valence-corrected chi connectivity index (χ3v) is 6.31. The molecular formula is C24H26F3N3O3. The van der Waals surface area contributed by atoms with Gasteiger partial charge in [-0.1, -0.05) is 0 Å². The van der Waals surface area contributed by atoms with Crippen molar-refractivity contribution in [1.82, 2.24) is 15.6 Å². The van der Waals surface area contributed by atoms with E-state index in [4.69, 9.17) is 0 Å². The minimum absolute atomic E-state index is 0.00927. The predicted molar refractivity (Wildman–Crippen MR) is 118 cm³/mol. The van der Waals surface area contributed by atoms with E-state index in [0.717, 1.165) is 11.6 Å². The number of benzene rings is 2. The number of carbonyl (C=O) groups excluding carboxylic acids is 1. The van der Waals surface area contributed by atoms with Crippen LogP contribution in [0.4, 0.5) is 18.0 Å². The van der Waals surface area contributed by atoms with E-state index in [1.165, 1.54) is 25.1 Å². The predicted octanol–water partition coefficient (Wildman–Crippen LogP) is 3.79. The largest absolute Gasteiger partial charge is 0.394 e. The highest BCUT2D eigenvalue weighted by atomic mass is 19.1. The average Bonchev–Trinajstić information content (AvgIpc) is 3.12. The van der Waals surface area contributed by atoms with E-state index in [0.29, 0.717) is 36.0 Å². The van der Waals surface area contributed by atoms with Gasteiger partial charge in [0.05, 0.1) is 30.0 Å². The van der Waals surface area contributed by atoms with Crippen LogP contribution in [0.15, 0.2) is 36.4 Å². The van der Waals surface area contributed by atoms with Crippen LogP contribution < -0.4 is 10.6 Å². The van der Waals surface area contributed by atoms with Crippen LogP contribution in [0.2, 0.25) is 0 Å². The molecule has 33 heavy (non-hydrogen) atoms. The maximum atomic E-state index is 14.5. The van der Waals surface area contributed by atoms with E-state index in [1.54, 1.807) is 12.1 Å². The number of carbonyl (C=O) groups is 1. The summed E-state index contributed by atoms with van der Waals surface area (Å²) in [6, 6.07) is 7.47. The molecule has 2 aromatic carbocycles. The first-order chi connectivity index (χ1) is 15.7. The third kappa shape index (κ3) is 4.69. The van der Waals surface area contributed by atoms with E-state index in [-0.39, 0.29) is 23.2 Å². The lowest BCUT2D eigenvalue weighted by atomic mass is 9.70. The van der Waals surface area contributed by atoms with Crippen molar-refractivity contribution in [2.24, 2.45) is 5.92 Å². The molecule has 1 saturated carbocycles. The third-order valence-electron chi connectivity index (χ3n) is 6.31. The second-order valence-corrected chi connectivity index (χ2v) is 8.98. The molecule has 6 nitrogen and oxygen atoms in total. The number of nitrogens with one attached hydrogen (secondary N) is 3. The molecule has 4 rings (SSSR count). The number of H-pyrrole nitrogens is 1. The Morgan fingerprint density at radius 1 is 1.09 bits per heavy atom. The van der Waals surface area contributed by atoms with Crippen molar-refractivity contribution in [2.45, 2.75) is 31.2 Å². The quantitative estimate of drug-likeness (QED) is 0.370. The zero-order valence-corrected chi connectivity index (χ0v) is 18.1. The maximum absolute atomic E-state index is 14.5. The van der Waals surface area contributed by atoms with Crippen molar-refractivity contribution in [1.29, 1.82) is 0 Å². The van der Waals surface area contributed by atoms with Crippen LogP contribution in [0.25, 0.3) is 22.2 Å². The van der Waals surface area contributed by atoms with Gasteiger partial charge in [0.25, 0.3) is 0 Å². The van der Waals surface area contributed by atoms with Crippen LogP contribution in [0.3, 0.4) is 0 Å². The number of urea groups is 1. The molecule has 1 aliphatic rings. The molecule has 0 radical (unpaired) electrons. The molecule has 1 fully saturated rings. The van der Waals surface area contributed by atoms with E-state index < -0.39 is 36.4 Å². The Balaban J connectivity index is 1.52. The molecule has 5 N–H and O–H groups in total. The average molecular weight is 461 g/mol. The van der Waals surface area contributed by atoms with Crippen molar-refractivity contribution < 1.29 is 28.2 Å². The lowest BCUT2D eigenvalue weighted by Crippen LogP contribution is -2.55. The van der Waals surface area contributed by atoms with Crippen LogP contribution in [-0.4, -0.2) is 46.5 Å². The number of fused-ring (bicyclic) bond motifs is 1. The first-order valence-corrected chi connectivity index (χ1v) is 10.8. The minimum Gasteiger partial charge on any atom is -0.394 e. The zero-order valence-electron chi connectivity index (χ0n) is 18.1. The summed E-state index contributed by atoms with van der Waals surface area (Å²) in [7, 11) is 0. The summed E-state index contributed by atoms with van der Waals surface area (Å²) < 4.78 is 41.9. The fourth-order valence-electron chi connectivity index (χ4n) is 4.33. The van der Waals surface area contributed by atoms with Crippen molar-refractivity contribution in [3.05, 3.63) is 59.4 Å². The van der Waals surface area contributed by atoms with Crippen molar-refractivity contribution in [3.63, 3.8) is 0 Å². The SMILES string of the molecule is CC(CO)(CO)NC(=O)NCC1CC(c2c(-c3ccc(F)cc3)[nH]c3c(F)cc(F)cc23)C1. The molecule has 0 aliphatic heterocycles. The van der Waals surface area contributed by atoms with Crippen molar-refractivity contribution in [2.75, 3.05) is 19.8 Å². The highest BCUT2D eigenvalue weighted by Gasteiger charge is 2.35. The van der Waals surface area contributed by atoms with Gasteiger partial charge in [-0.3, -0.25) is 0 Å². The summed E-state index contributed by atoms with van der Waals surface area (Å²) in [5.74, 6) is -1.59. The number of aromatic amines is 1. The van der Waals surface area contributed by atoms with E-state index in [9.17, 15) is 28.2 Å². The first-order valence-electron chi connectivity index (χ1n) is 10.8. The molecule has 176 valence electrons. The topological polar surface area (TPSA) is 97.4 Å². The van der Waals surface area contributed by atoms with Gasteiger partial charge in [0.15, 0.2) is 0 Å². The Kier molecular flexibility index (Phi) is 6.36. The fourth-order valence-corrected chi connectivity index (χ4v) is 4.33. The van der Waals surface area contributed by atoms with Gasteiger partial charge in [0.1, 0.15) is 17.5 Å². The summed E-state index contributed by atoms with van der Waals surface area (Å²) in [6.07, 6.45) is 1.38. The molecule has 0 unspecified atom stereocenters. The second kappa shape index (κ2) is 9.07. The Morgan fingerprint density at radius 3 is 2.39 bits per heavy atom. The minimum atomic E-state index is -1.12. The number of aliphatic hydroxyl groups is 2. The van der Waals surface area contributed by atoms with Crippen LogP contribution in [0.5, 0.6) is 0 Å². The molecule has 0 atom stereocenters. The van der Waals surface area contributed by atoms with Gasteiger partial charge in [0, 0.05) is 18.0 Å². The standard InChI is InChI=1S/C24H26F3N3O3/c1-24(11-31,12-32)30-23(33)28-10-13-6-15(7-13)20-18-8-17(26)9-19(27)22(18)29-21(20)14-2-4-16(25)5-3-14/h2-5,8-9,13,15,29,31-32H,6-7,10-12H2,1H3,(H2,28,30,33). The molecule has 3 aromatic rings.